The summed E-state index contributed by atoms with van der Waals surface area (Å²) in [6.07, 6.45) is -0.592. The molecule has 2 rings (SSSR count). The lowest BCUT2D eigenvalue weighted by Crippen LogP contribution is -2.35. The summed E-state index contributed by atoms with van der Waals surface area (Å²) < 4.78 is 0. The number of hydrogen-bond donors (Lipinski definition) is 3. The van der Waals surface area contributed by atoms with Gasteiger partial charge in [0.2, 0.25) is 11.8 Å². The van der Waals surface area contributed by atoms with E-state index in [4.69, 9.17) is 10.8 Å². The number of carboxylic acid groups (broad SMARTS) is 1. The van der Waals surface area contributed by atoms with Crippen molar-refractivity contribution in [3.63, 3.8) is 0 Å². The average molecular weight is 210 g/mol. The number of nitrogens with two attached hydrogens (primary N) is 1. The van der Waals surface area contributed by atoms with Crippen LogP contribution in [0.4, 0.5) is 10.7 Å². The number of nitrogens with zero attached hydrogens (tertiary/aromatic N) is 3. The highest BCUT2D eigenvalue weighted by molar-refractivity contribution is 5.65. The second kappa shape index (κ2) is 3.26. The number of hydrogen-bond acceptors (Lipinski definition) is 5. The standard InChI is InChI=1S/C8H10N4O3/c9-7-10-5-3-12(8(14)15)2-1-4(5)6(13)11-7/h1-3H2,(H,14,15)(H3,9,10,11,13). The van der Waals surface area contributed by atoms with Crippen molar-refractivity contribution in [3.8, 4) is 5.88 Å². The second-order valence-electron chi connectivity index (χ2n) is 3.28. The molecule has 7 heteroatoms. The monoisotopic (exact) mass is 210 g/mol. The zero-order valence-electron chi connectivity index (χ0n) is 7.84. The van der Waals surface area contributed by atoms with Crippen LogP contribution in [0.25, 0.3) is 0 Å². The van der Waals surface area contributed by atoms with Gasteiger partial charge in [0.1, 0.15) is 0 Å². The molecule has 0 aromatic carbocycles. The summed E-state index contributed by atoms with van der Waals surface area (Å²) >= 11 is 0. The minimum Gasteiger partial charge on any atom is -0.493 e. The van der Waals surface area contributed by atoms with Gasteiger partial charge in [-0.2, -0.15) is 4.98 Å². The summed E-state index contributed by atoms with van der Waals surface area (Å²) in [6.45, 7) is 0.480. The van der Waals surface area contributed by atoms with Crippen LogP contribution >= 0.6 is 0 Å². The van der Waals surface area contributed by atoms with E-state index in [1.54, 1.807) is 0 Å². The van der Waals surface area contributed by atoms with Gasteiger partial charge in [-0.05, 0) is 6.42 Å². The lowest BCUT2D eigenvalue weighted by molar-refractivity contribution is 0.138. The Bertz CT molecular complexity index is 421. The second-order valence-corrected chi connectivity index (χ2v) is 3.28. The largest absolute Gasteiger partial charge is 0.493 e. The maximum atomic E-state index is 10.7. The molecule has 80 valence electrons. The molecule has 0 spiro atoms. The van der Waals surface area contributed by atoms with Gasteiger partial charge >= 0.3 is 6.09 Å². The topological polar surface area (TPSA) is 113 Å². The molecule has 2 heterocycles. The number of nitrogen functional groups attached to an aromatic ring is 1. The SMILES string of the molecule is Nc1nc(O)c2c(n1)CN(C(=O)O)CC2. The van der Waals surface area contributed by atoms with Crippen LogP contribution in [0.5, 0.6) is 5.88 Å². The fourth-order valence-electron chi connectivity index (χ4n) is 1.59. The summed E-state index contributed by atoms with van der Waals surface area (Å²) in [4.78, 5) is 19.5. The molecule has 0 unspecified atom stereocenters. The Kier molecular flexibility index (Phi) is 2.07. The van der Waals surface area contributed by atoms with Gasteiger partial charge < -0.3 is 20.8 Å². The van der Waals surface area contributed by atoms with Gasteiger partial charge in [0.25, 0.3) is 0 Å². The Labute approximate surface area is 85.2 Å². The molecule has 4 N–H and O–H groups in total. The number of fused-ring (bicyclic) bond motifs is 1. The summed E-state index contributed by atoms with van der Waals surface area (Å²) in [5.41, 5.74) is 6.42. The molecule has 7 nitrogen and oxygen atoms in total. The third-order valence-corrected chi connectivity index (χ3v) is 2.33. The van der Waals surface area contributed by atoms with E-state index >= 15 is 0 Å². The first-order valence-electron chi connectivity index (χ1n) is 4.40. The Hall–Kier alpha value is -2.05. The Morgan fingerprint density at radius 3 is 2.87 bits per heavy atom. The van der Waals surface area contributed by atoms with Crippen LogP contribution in [-0.4, -0.2) is 37.7 Å². The zero-order valence-corrected chi connectivity index (χ0v) is 7.84. The van der Waals surface area contributed by atoms with Crippen LogP contribution in [-0.2, 0) is 13.0 Å². The minimum atomic E-state index is -1.00. The number of anilines is 1. The third kappa shape index (κ3) is 1.63. The fraction of sp³-hybridized carbons (Fsp3) is 0.375. The van der Waals surface area contributed by atoms with Crippen molar-refractivity contribution in [1.82, 2.24) is 14.9 Å². The highest BCUT2D eigenvalue weighted by Gasteiger charge is 2.24. The van der Waals surface area contributed by atoms with Crippen molar-refractivity contribution >= 4 is 12.0 Å². The molecule has 0 aliphatic carbocycles. The van der Waals surface area contributed by atoms with E-state index in [1.165, 1.54) is 4.90 Å². The van der Waals surface area contributed by atoms with Crippen molar-refractivity contribution in [2.75, 3.05) is 12.3 Å². The predicted octanol–water partition coefficient (Wildman–Crippen LogP) is -0.200. The first kappa shape index (κ1) is 9.50. The van der Waals surface area contributed by atoms with Gasteiger partial charge in [-0.25, -0.2) is 9.78 Å². The molecule has 0 fully saturated rings. The van der Waals surface area contributed by atoms with E-state index in [-0.39, 0.29) is 18.4 Å². The van der Waals surface area contributed by atoms with Crippen LogP contribution in [0.1, 0.15) is 11.3 Å². The highest BCUT2D eigenvalue weighted by Crippen LogP contribution is 2.24. The van der Waals surface area contributed by atoms with E-state index in [2.05, 4.69) is 9.97 Å². The fourth-order valence-corrected chi connectivity index (χ4v) is 1.59. The molecule has 0 saturated heterocycles. The molecule has 1 amide bonds. The molecule has 1 aliphatic rings. The lowest BCUT2D eigenvalue weighted by Gasteiger charge is -2.25. The van der Waals surface area contributed by atoms with Crippen LogP contribution < -0.4 is 5.73 Å². The first-order chi connectivity index (χ1) is 7.08. The molecule has 0 radical (unpaired) electrons. The van der Waals surface area contributed by atoms with Crippen LogP contribution in [0.15, 0.2) is 0 Å². The zero-order chi connectivity index (χ0) is 11.0. The minimum absolute atomic E-state index is 0.0431. The maximum Gasteiger partial charge on any atom is 0.407 e. The van der Waals surface area contributed by atoms with Gasteiger partial charge in [-0.1, -0.05) is 0 Å². The van der Waals surface area contributed by atoms with Gasteiger partial charge in [-0.15, -0.1) is 0 Å². The quantitative estimate of drug-likeness (QED) is 0.546. The molecular weight excluding hydrogens is 200 g/mol. The number of rotatable bonds is 0. The maximum absolute atomic E-state index is 10.7. The van der Waals surface area contributed by atoms with Crippen molar-refractivity contribution in [3.05, 3.63) is 11.3 Å². The molecule has 1 aromatic rings. The van der Waals surface area contributed by atoms with E-state index < -0.39 is 6.09 Å². The third-order valence-electron chi connectivity index (χ3n) is 2.33. The molecule has 0 atom stereocenters. The smallest absolute Gasteiger partial charge is 0.407 e. The normalized spacial score (nSPS) is 14.8. The Balaban J connectivity index is 2.37. The Morgan fingerprint density at radius 1 is 1.47 bits per heavy atom. The van der Waals surface area contributed by atoms with Gasteiger partial charge in [0.15, 0.2) is 0 Å². The van der Waals surface area contributed by atoms with Crippen LogP contribution in [0.2, 0.25) is 0 Å². The van der Waals surface area contributed by atoms with Crippen molar-refractivity contribution in [1.29, 1.82) is 0 Å². The first-order valence-corrected chi connectivity index (χ1v) is 4.40. The molecule has 0 bridgehead atoms. The van der Waals surface area contributed by atoms with Gasteiger partial charge in [0, 0.05) is 12.1 Å². The molecular formula is C8H10N4O3. The summed E-state index contributed by atoms with van der Waals surface area (Å²) in [5, 5.41) is 18.3. The Morgan fingerprint density at radius 2 is 2.20 bits per heavy atom. The molecule has 1 aliphatic heterocycles. The summed E-state index contributed by atoms with van der Waals surface area (Å²) in [6, 6.07) is 0. The summed E-state index contributed by atoms with van der Waals surface area (Å²) in [7, 11) is 0. The van der Waals surface area contributed by atoms with Crippen molar-refractivity contribution in [2.24, 2.45) is 0 Å². The predicted molar refractivity (Wildman–Crippen MR) is 50.2 cm³/mol. The van der Waals surface area contributed by atoms with Crippen molar-refractivity contribution < 1.29 is 15.0 Å². The van der Waals surface area contributed by atoms with Gasteiger partial charge in [-0.3, -0.25) is 0 Å². The highest BCUT2D eigenvalue weighted by atomic mass is 16.4. The van der Waals surface area contributed by atoms with Crippen molar-refractivity contribution in [2.45, 2.75) is 13.0 Å². The van der Waals surface area contributed by atoms with E-state index in [9.17, 15) is 9.90 Å². The molecule has 0 saturated carbocycles. The van der Waals surface area contributed by atoms with Crippen LogP contribution in [0.3, 0.4) is 0 Å². The number of aromatic nitrogens is 2. The van der Waals surface area contributed by atoms with E-state index in [0.717, 1.165) is 0 Å². The molecule has 1 aromatic heterocycles. The van der Waals surface area contributed by atoms with E-state index in [1.807, 2.05) is 0 Å². The van der Waals surface area contributed by atoms with Crippen LogP contribution in [0, 0.1) is 0 Å². The number of aromatic hydroxyl groups is 1. The number of amides is 1. The number of carbonyl (C=O) groups is 1. The lowest BCUT2D eigenvalue weighted by atomic mass is 10.1. The summed E-state index contributed by atoms with van der Waals surface area (Å²) in [5.74, 6) is -0.193. The average Bonchev–Trinajstić information content (AvgIpc) is 2.16. The molecule has 15 heavy (non-hydrogen) atoms. The van der Waals surface area contributed by atoms with E-state index in [0.29, 0.717) is 24.2 Å². The van der Waals surface area contributed by atoms with Gasteiger partial charge in [0.05, 0.1) is 12.2 Å².